The summed E-state index contributed by atoms with van der Waals surface area (Å²) in [4.78, 5) is 29.3. The van der Waals surface area contributed by atoms with E-state index >= 15 is 0 Å². The van der Waals surface area contributed by atoms with E-state index in [4.69, 9.17) is 0 Å². The first-order valence-corrected chi connectivity index (χ1v) is 14.6. The zero-order valence-electron chi connectivity index (χ0n) is 23.4. The molecule has 5 heteroatoms. The molecule has 2 saturated heterocycles. The Hall–Kier alpha value is -2.30. The van der Waals surface area contributed by atoms with Crippen molar-refractivity contribution in [2.75, 3.05) is 5.32 Å². The minimum absolute atomic E-state index is 0.0173. The molecule has 200 valence electrons. The van der Waals surface area contributed by atoms with E-state index in [1.165, 1.54) is 36.8 Å². The molecular formula is C32H45N3O2. The number of para-hydroxylation sites is 1. The van der Waals surface area contributed by atoms with E-state index < -0.39 is 12.1 Å². The molecule has 3 aliphatic heterocycles. The zero-order chi connectivity index (χ0) is 26.3. The van der Waals surface area contributed by atoms with Crippen LogP contribution in [0.3, 0.4) is 0 Å². The van der Waals surface area contributed by atoms with Crippen LogP contribution in [-0.2, 0) is 15.0 Å². The Kier molecular flexibility index (Phi) is 5.64. The molecule has 5 aliphatic rings. The molecule has 0 spiro atoms. The normalized spacial score (nSPS) is 40.0. The van der Waals surface area contributed by atoms with E-state index in [0.717, 1.165) is 18.5 Å². The maximum atomic E-state index is 13.9. The van der Waals surface area contributed by atoms with E-state index in [0.29, 0.717) is 36.0 Å². The van der Waals surface area contributed by atoms with Crippen molar-refractivity contribution < 1.29 is 9.59 Å². The Bertz CT molecular complexity index is 1140. The molecule has 7 unspecified atom stereocenters. The van der Waals surface area contributed by atoms with Gasteiger partial charge in [0.1, 0.15) is 18.2 Å². The SMILES string of the molecule is C=C1CCC2C(C)(C)CCCC2(C)C1CC12CC3C(=O)NC(CC(C)C)C(=O)N3C1Nc1ccccc12. The lowest BCUT2D eigenvalue weighted by Crippen LogP contribution is -2.64. The molecule has 1 aromatic carbocycles. The molecule has 6 rings (SSSR count). The molecule has 4 fully saturated rings. The van der Waals surface area contributed by atoms with Gasteiger partial charge in [-0.15, -0.1) is 0 Å². The van der Waals surface area contributed by atoms with Gasteiger partial charge in [0.25, 0.3) is 0 Å². The van der Waals surface area contributed by atoms with Crippen LogP contribution in [0.15, 0.2) is 36.4 Å². The van der Waals surface area contributed by atoms with Crippen molar-refractivity contribution >= 4 is 17.5 Å². The number of carbonyl (C=O) groups excluding carboxylic acids is 2. The summed E-state index contributed by atoms with van der Waals surface area (Å²) in [5, 5.41) is 6.86. The molecule has 2 N–H and O–H groups in total. The van der Waals surface area contributed by atoms with Gasteiger partial charge < -0.3 is 15.5 Å². The largest absolute Gasteiger partial charge is 0.364 e. The molecule has 5 nitrogen and oxygen atoms in total. The van der Waals surface area contributed by atoms with Crippen LogP contribution in [0, 0.1) is 28.6 Å². The summed E-state index contributed by atoms with van der Waals surface area (Å²) in [6.07, 6.45) is 8.25. The summed E-state index contributed by atoms with van der Waals surface area (Å²) >= 11 is 0. The van der Waals surface area contributed by atoms with Crippen molar-refractivity contribution in [1.29, 1.82) is 0 Å². The van der Waals surface area contributed by atoms with E-state index in [2.05, 4.69) is 76.1 Å². The third-order valence-electron chi connectivity index (χ3n) is 11.2. The van der Waals surface area contributed by atoms with Gasteiger partial charge in [0.15, 0.2) is 0 Å². The fourth-order valence-corrected chi connectivity index (χ4v) is 9.62. The predicted octanol–water partition coefficient (Wildman–Crippen LogP) is 6.01. The predicted molar refractivity (Wildman–Crippen MR) is 148 cm³/mol. The van der Waals surface area contributed by atoms with Gasteiger partial charge in [-0.3, -0.25) is 9.59 Å². The highest BCUT2D eigenvalue weighted by Crippen LogP contribution is 2.65. The average Bonchev–Trinajstić information content (AvgIpc) is 3.30. The van der Waals surface area contributed by atoms with E-state index in [1.54, 1.807) is 0 Å². The lowest BCUT2D eigenvalue weighted by Gasteiger charge is -2.59. The Labute approximate surface area is 222 Å². The number of nitrogens with one attached hydrogen (secondary N) is 2. The van der Waals surface area contributed by atoms with Crippen molar-refractivity contribution in [3.8, 4) is 0 Å². The summed E-state index contributed by atoms with van der Waals surface area (Å²) in [6, 6.07) is 7.74. The Morgan fingerprint density at radius 1 is 1.11 bits per heavy atom. The van der Waals surface area contributed by atoms with Gasteiger partial charge in [-0.05, 0) is 85.2 Å². The van der Waals surface area contributed by atoms with Crippen molar-refractivity contribution in [2.45, 2.75) is 110 Å². The first kappa shape index (κ1) is 25.0. The number of piperazine rings is 1. The Balaban J connectivity index is 1.43. The zero-order valence-corrected chi connectivity index (χ0v) is 23.4. The quantitative estimate of drug-likeness (QED) is 0.495. The molecule has 0 aromatic heterocycles. The second-order valence-corrected chi connectivity index (χ2v) is 14.3. The van der Waals surface area contributed by atoms with Crippen molar-refractivity contribution in [3.63, 3.8) is 0 Å². The Morgan fingerprint density at radius 3 is 2.62 bits per heavy atom. The molecule has 3 heterocycles. The second-order valence-electron chi connectivity index (χ2n) is 14.3. The smallest absolute Gasteiger partial charge is 0.247 e. The lowest BCUT2D eigenvalue weighted by molar-refractivity contribution is -0.149. The van der Waals surface area contributed by atoms with E-state index in [-0.39, 0.29) is 28.8 Å². The maximum Gasteiger partial charge on any atom is 0.247 e. The highest BCUT2D eigenvalue weighted by molar-refractivity contribution is 5.98. The Morgan fingerprint density at radius 2 is 1.86 bits per heavy atom. The minimum Gasteiger partial charge on any atom is -0.364 e. The molecule has 2 amide bonds. The number of hydrogen-bond donors (Lipinski definition) is 2. The summed E-state index contributed by atoms with van der Waals surface area (Å²) in [6.45, 7) is 16.4. The van der Waals surface area contributed by atoms with Gasteiger partial charge in [-0.25, -0.2) is 0 Å². The monoisotopic (exact) mass is 503 g/mol. The van der Waals surface area contributed by atoms with Crippen LogP contribution in [-0.4, -0.2) is 35.0 Å². The molecule has 37 heavy (non-hydrogen) atoms. The molecular weight excluding hydrogens is 458 g/mol. The summed E-state index contributed by atoms with van der Waals surface area (Å²) in [7, 11) is 0. The number of nitrogens with zero attached hydrogens (tertiary/aromatic N) is 1. The van der Waals surface area contributed by atoms with Gasteiger partial charge in [0.2, 0.25) is 11.8 Å². The molecule has 7 atom stereocenters. The third kappa shape index (κ3) is 3.55. The fourth-order valence-electron chi connectivity index (χ4n) is 9.62. The topological polar surface area (TPSA) is 61.4 Å². The third-order valence-corrected chi connectivity index (χ3v) is 11.2. The van der Waals surface area contributed by atoms with Crippen LogP contribution in [0.4, 0.5) is 5.69 Å². The van der Waals surface area contributed by atoms with Crippen LogP contribution in [0.25, 0.3) is 0 Å². The standard InChI is InChI=1S/C32H45N3O2/c1-19(2)16-24-28(37)35-25(27(36)33-24)18-32(21-10-7-8-11-23(21)34-29(32)35)17-22-20(3)12-13-26-30(4,5)14-9-15-31(22,26)6/h7-8,10-11,19,22,24-26,29,34H,3,9,12-18H2,1-2,4-6H3,(H,33,36). The van der Waals surface area contributed by atoms with E-state index in [1.807, 2.05) is 4.90 Å². The summed E-state index contributed by atoms with van der Waals surface area (Å²) in [5.41, 5.74) is 4.03. The molecule has 2 saturated carbocycles. The number of hydrogen-bond acceptors (Lipinski definition) is 3. The van der Waals surface area contributed by atoms with Crippen molar-refractivity contribution in [3.05, 3.63) is 42.0 Å². The van der Waals surface area contributed by atoms with Crippen LogP contribution < -0.4 is 10.6 Å². The van der Waals surface area contributed by atoms with Gasteiger partial charge in [0.05, 0.1) is 0 Å². The van der Waals surface area contributed by atoms with E-state index in [9.17, 15) is 9.59 Å². The number of allylic oxidation sites excluding steroid dienone is 1. The molecule has 1 aromatic rings. The first-order valence-electron chi connectivity index (χ1n) is 14.6. The molecule has 2 aliphatic carbocycles. The van der Waals surface area contributed by atoms with Crippen LogP contribution in [0.1, 0.15) is 91.5 Å². The second kappa shape index (κ2) is 8.35. The van der Waals surface area contributed by atoms with Crippen LogP contribution in [0.2, 0.25) is 0 Å². The number of carbonyl (C=O) groups is 2. The van der Waals surface area contributed by atoms with Gasteiger partial charge in [-0.1, -0.05) is 71.4 Å². The van der Waals surface area contributed by atoms with Crippen molar-refractivity contribution in [2.24, 2.45) is 28.6 Å². The number of anilines is 1. The van der Waals surface area contributed by atoms with Crippen LogP contribution >= 0.6 is 0 Å². The number of benzene rings is 1. The van der Waals surface area contributed by atoms with Crippen LogP contribution in [0.5, 0.6) is 0 Å². The average molecular weight is 504 g/mol. The molecule has 0 radical (unpaired) electrons. The molecule has 0 bridgehead atoms. The fraction of sp³-hybridized carbons (Fsp3) is 0.688. The first-order chi connectivity index (χ1) is 17.5. The summed E-state index contributed by atoms with van der Waals surface area (Å²) in [5.74, 6) is 1.49. The maximum absolute atomic E-state index is 13.9. The van der Waals surface area contributed by atoms with Gasteiger partial charge in [0, 0.05) is 11.1 Å². The lowest BCUT2D eigenvalue weighted by atomic mass is 9.46. The summed E-state index contributed by atoms with van der Waals surface area (Å²) < 4.78 is 0. The minimum atomic E-state index is -0.434. The highest BCUT2D eigenvalue weighted by atomic mass is 16.2. The van der Waals surface area contributed by atoms with Crippen molar-refractivity contribution in [1.82, 2.24) is 10.2 Å². The number of rotatable bonds is 4. The van der Waals surface area contributed by atoms with Gasteiger partial charge >= 0.3 is 0 Å². The number of amides is 2. The van der Waals surface area contributed by atoms with Gasteiger partial charge in [-0.2, -0.15) is 0 Å². The highest BCUT2D eigenvalue weighted by Gasteiger charge is 2.65. The number of fused-ring (bicyclic) bond motifs is 6.